The molecule has 2 unspecified atom stereocenters. The third-order valence-electron chi connectivity index (χ3n) is 3.33. The smallest absolute Gasteiger partial charge is 0.381 e. The van der Waals surface area contributed by atoms with Gasteiger partial charge in [0.05, 0.1) is 5.56 Å². The van der Waals surface area contributed by atoms with Gasteiger partial charge in [-0.05, 0) is 24.8 Å². The van der Waals surface area contributed by atoms with Crippen molar-refractivity contribution in [2.24, 2.45) is 11.8 Å². The first kappa shape index (κ1) is 14.2. The summed E-state index contributed by atoms with van der Waals surface area (Å²) in [6.45, 7) is 1.22. The van der Waals surface area contributed by atoms with E-state index in [0.29, 0.717) is 19.6 Å². The third kappa shape index (κ3) is 3.43. The van der Waals surface area contributed by atoms with Gasteiger partial charge in [0.1, 0.15) is 0 Å². The maximum atomic E-state index is 12.9. The monoisotopic (exact) mass is 275 g/mol. The number of hydrazine groups is 1. The van der Waals surface area contributed by atoms with Gasteiger partial charge in [-0.3, -0.25) is 16.3 Å². The molecule has 0 amide bonds. The predicted molar refractivity (Wildman–Crippen MR) is 62.8 cm³/mol. The number of nitrogens with two attached hydrogens (primary N) is 1. The maximum absolute atomic E-state index is 12.9. The normalized spacial score (nSPS) is 21.6. The van der Waals surface area contributed by atoms with E-state index in [1.54, 1.807) is 0 Å². The Hall–Kier alpha value is -1.18. The summed E-state index contributed by atoms with van der Waals surface area (Å²) in [5.41, 5.74) is 1.86. The molecule has 1 fully saturated rings. The predicted octanol–water partition coefficient (Wildman–Crippen LogP) is 2.03. The molecule has 0 aliphatic carbocycles. The van der Waals surface area contributed by atoms with Crippen LogP contribution in [-0.4, -0.2) is 18.2 Å². The van der Waals surface area contributed by atoms with Crippen molar-refractivity contribution < 1.29 is 17.9 Å². The van der Waals surface area contributed by atoms with Gasteiger partial charge in [-0.1, -0.05) is 0 Å². The number of ether oxygens (including phenoxy) is 1. The van der Waals surface area contributed by atoms with Gasteiger partial charge in [-0.25, -0.2) is 0 Å². The molecule has 2 rings (SSSR count). The highest BCUT2D eigenvalue weighted by Crippen LogP contribution is 2.36. The van der Waals surface area contributed by atoms with Crippen LogP contribution in [0, 0.1) is 5.92 Å². The van der Waals surface area contributed by atoms with Crippen LogP contribution in [0.2, 0.25) is 0 Å². The molecule has 1 aliphatic heterocycles. The molecule has 4 nitrogen and oxygen atoms in total. The molecule has 0 aromatic carbocycles. The molecule has 106 valence electrons. The number of nitrogens with zero attached hydrogens (tertiary/aromatic N) is 1. The zero-order valence-corrected chi connectivity index (χ0v) is 10.3. The van der Waals surface area contributed by atoms with Gasteiger partial charge in [0.2, 0.25) is 0 Å². The summed E-state index contributed by atoms with van der Waals surface area (Å²) in [6, 6.07) is 0.405. The van der Waals surface area contributed by atoms with Crippen molar-refractivity contribution in [3.63, 3.8) is 0 Å². The van der Waals surface area contributed by atoms with Crippen molar-refractivity contribution in [3.8, 4) is 0 Å². The number of nitrogens with one attached hydrogen (secondary N) is 1. The summed E-state index contributed by atoms with van der Waals surface area (Å²) in [7, 11) is 0. The molecule has 0 saturated carbocycles. The summed E-state index contributed by atoms with van der Waals surface area (Å²) >= 11 is 0. The molecular formula is C12H16F3N3O. The molecule has 2 heterocycles. The Morgan fingerprint density at radius 2 is 2.32 bits per heavy atom. The van der Waals surface area contributed by atoms with E-state index in [0.717, 1.165) is 18.7 Å². The van der Waals surface area contributed by atoms with Crippen LogP contribution >= 0.6 is 0 Å². The average molecular weight is 275 g/mol. The number of alkyl halides is 3. The molecule has 0 bridgehead atoms. The fourth-order valence-electron chi connectivity index (χ4n) is 2.33. The first-order valence-corrected chi connectivity index (χ1v) is 6.07. The van der Waals surface area contributed by atoms with Crippen LogP contribution in [0.15, 0.2) is 18.5 Å². The second-order valence-electron chi connectivity index (χ2n) is 4.65. The van der Waals surface area contributed by atoms with Crippen LogP contribution in [0.4, 0.5) is 13.2 Å². The lowest BCUT2D eigenvalue weighted by Gasteiger charge is -2.22. The maximum Gasteiger partial charge on any atom is 0.416 e. The molecule has 0 spiro atoms. The van der Waals surface area contributed by atoms with Gasteiger partial charge in [0.25, 0.3) is 0 Å². The van der Waals surface area contributed by atoms with E-state index in [-0.39, 0.29) is 11.5 Å². The molecule has 1 saturated heterocycles. The first-order chi connectivity index (χ1) is 9.02. The highest BCUT2D eigenvalue weighted by molar-refractivity contribution is 5.29. The molecule has 7 heteroatoms. The van der Waals surface area contributed by atoms with E-state index in [4.69, 9.17) is 10.6 Å². The molecular weight excluding hydrogens is 259 g/mol. The van der Waals surface area contributed by atoms with E-state index in [2.05, 4.69) is 10.4 Å². The van der Waals surface area contributed by atoms with Crippen LogP contribution in [0.25, 0.3) is 0 Å². The van der Waals surface area contributed by atoms with Gasteiger partial charge >= 0.3 is 6.18 Å². The zero-order valence-electron chi connectivity index (χ0n) is 10.3. The molecule has 3 N–H and O–H groups in total. The fourth-order valence-corrected chi connectivity index (χ4v) is 2.33. The second kappa shape index (κ2) is 5.85. The lowest BCUT2D eigenvalue weighted by Crippen LogP contribution is -2.31. The molecule has 1 aliphatic rings. The van der Waals surface area contributed by atoms with E-state index < -0.39 is 17.8 Å². The third-order valence-corrected chi connectivity index (χ3v) is 3.33. The standard InChI is InChI=1S/C12H16F3N3O/c13-12(14,15)10-1-3-17-6-9(10)11(18-16)5-8-2-4-19-7-8/h1,3,6,8,11,18H,2,4-5,7,16H2. The summed E-state index contributed by atoms with van der Waals surface area (Å²) < 4.78 is 44.0. The number of hydrogen-bond acceptors (Lipinski definition) is 4. The Morgan fingerprint density at radius 3 is 2.89 bits per heavy atom. The van der Waals surface area contributed by atoms with Crippen LogP contribution in [0.1, 0.15) is 30.0 Å². The van der Waals surface area contributed by atoms with Crippen LogP contribution in [0.3, 0.4) is 0 Å². The van der Waals surface area contributed by atoms with Gasteiger partial charge < -0.3 is 4.74 Å². The summed E-state index contributed by atoms with van der Waals surface area (Å²) in [5, 5.41) is 0. The minimum Gasteiger partial charge on any atom is -0.381 e. The highest BCUT2D eigenvalue weighted by Gasteiger charge is 2.35. The van der Waals surface area contributed by atoms with Crippen LogP contribution < -0.4 is 11.3 Å². The SMILES string of the molecule is NNC(CC1CCOC1)c1cnccc1C(F)(F)F. The van der Waals surface area contributed by atoms with Crippen molar-refractivity contribution in [3.05, 3.63) is 29.6 Å². The van der Waals surface area contributed by atoms with E-state index in [1.165, 1.54) is 6.20 Å². The van der Waals surface area contributed by atoms with Crippen LogP contribution in [-0.2, 0) is 10.9 Å². The second-order valence-corrected chi connectivity index (χ2v) is 4.65. The number of rotatable bonds is 4. The van der Waals surface area contributed by atoms with Crippen LogP contribution in [0.5, 0.6) is 0 Å². The molecule has 1 aromatic heterocycles. The molecule has 0 radical (unpaired) electrons. The van der Waals surface area contributed by atoms with Gasteiger partial charge in [-0.2, -0.15) is 13.2 Å². The lowest BCUT2D eigenvalue weighted by atomic mass is 9.93. The van der Waals surface area contributed by atoms with Crippen molar-refractivity contribution in [2.75, 3.05) is 13.2 Å². The summed E-state index contributed by atoms with van der Waals surface area (Å²) in [5.74, 6) is 5.63. The fraction of sp³-hybridized carbons (Fsp3) is 0.583. The van der Waals surface area contributed by atoms with Gasteiger partial charge in [0.15, 0.2) is 0 Å². The van der Waals surface area contributed by atoms with Crippen molar-refractivity contribution >= 4 is 0 Å². The Kier molecular flexibility index (Phi) is 4.38. The number of halogens is 3. The minimum absolute atomic E-state index is 0.0874. The molecule has 19 heavy (non-hydrogen) atoms. The minimum atomic E-state index is -4.40. The molecule has 1 aromatic rings. The highest BCUT2D eigenvalue weighted by atomic mass is 19.4. The Morgan fingerprint density at radius 1 is 1.53 bits per heavy atom. The van der Waals surface area contributed by atoms with E-state index in [9.17, 15) is 13.2 Å². The van der Waals surface area contributed by atoms with Gasteiger partial charge in [-0.15, -0.1) is 0 Å². The Labute approximate surface area is 109 Å². The van der Waals surface area contributed by atoms with Crippen molar-refractivity contribution in [2.45, 2.75) is 25.1 Å². The number of aromatic nitrogens is 1. The van der Waals surface area contributed by atoms with Crippen molar-refractivity contribution in [1.82, 2.24) is 10.4 Å². The zero-order chi connectivity index (χ0) is 13.9. The number of pyridine rings is 1. The lowest BCUT2D eigenvalue weighted by molar-refractivity contribution is -0.138. The number of hydrogen-bond donors (Lipinski definition) is 2. The van der Waals surface area contributed by atoms with Gasteiger partial charge in [0, 0.05) is 37.2 Å². The van der Waals surface area contributed by atoms with Crippen molar-refractivity contribution in [1.29, 1.82) is 0 Å². The largest absolute Gasteiger partial charge is 0.416 e. The summed E-state index contributed by atoms with van der Waals surface area (Å²) in [6.07, 6.45) is -0.688. The Bertz CT molecular complexity index is 419. The first-order valence-electron chi connectivity index (χ1n) is 6.07. The van der Waals surface area contributed by atoms with E-state index in [1.807, 2.05) is 0 Å². The topological polar surface area (TPSA) is 60.2 Å². The van der Waals surface area contributed by atoms with E-state index >= 15 is 0 Å². The average Bonchev–Trinajstić information content (AvgIpc) is 2.88. The summed E-state index contributed by atoms with van der Waals surface area (Å²) in [4.78, 5) is 3.78. The quantitative estimate of drug-likeness (QED) is 0.652. The molecule has 2 atom stereocenters. The Balaban J connectivity index is 2.22.